The molecule has 1 radical (unpaired) electrons. The number of nitrogens with one attached hydrogen (secondary N) is 1. The molecule has 1 heterocycles. The molecule has 2 nitrogen and oxygen atoms in total. The number of fused-ring (bicyclic) bond motifs is 1. The third-order valence-electron chi connectivity index (χ3n) is 4.97. The van der Waals surface area contributed by atoms with E-state index in [1.54, 1.807) is 7.11 Å². The van der Waals surface area contributed by atoms with Crippen molar-refractivity contribution < 1.29 is 4.74 Å². The lowest BCUT2D eigenvalue weighted by Crippen LogP contribution is -2.42. The molecule has 1 atom stereocenters. The third kappa shape index (κ3) is 3.26. The molecule has 3 heteroatoms. The van der Waals surface area contributed by atoms with Crippen LogP contribution < -0.4 is 10.1 Å². The third-order valence-corrected chi connectivity index (χ3v) is 5.59. The number of benzene rings is 1. The molecule has 1 N–H and O–H groups in total. The standard InChI is InChI=1S/C19H27BrNO/c1-6-14(4)11-19(13(2)3)12-21-8-7-15-9-18(22-5)17(20)10-16(15)19/h6,9-10,13,21H,1,7-8,11-12H2,2-5H3. The average Bonchev–Trinajstić information content (AvgIpc) is 2.67. The highest BCUT2D eigenvalue weighted by atomic mass is 79.9. The summed E-state index contributed by atoms with van der Waals surface area (Å²) in [4.78, 5) is 0. The summed E-state index contributed by atoms with van der Waals surface area (Å²) in [6.07, 6.45) is 4.07. The van der Waals surface area contributed by atoms with Crippen LogP contribution in [0.4, 0.5) is 0 Å². The molecule has 2 rings (SSSR count). The van der Waals surface area contributed by atoms with Crippen molar-refractivity contribution in [3.05, 3.63) is 46.3 Å². The molecule has 1 aliphatic rings. The summed E-state index contributed by atoms with van der Waals surface area (Å²) in [5.41, 5.74) is 4.28. The fourth-order valence-electron chi connectivity index (χ4n) is 3.50. The SMILES string of the molecule is [CH2]C=C(C)CC1(C(C)C)CNCCc2cc(OC)c(Br)cc21. The molecular weight excluding hydrogens is 338 g/mol. The highest BCUT2D eigenvalue weighted by Gasteiger charge is 2.38. The molecule has 22 heavy (non-hydrogen) atoms. The van der Waals surface area contributed by atoms with Crippen LogP contribution in [-0.2, 0) is 11.8 Å². The quantitative estimate of drug-likeness (QED) is 0.837. The first-order chi connectivity index (χ1) is 10.4. The summed E-state index contributed by atoms with van der Waals surface area (Å²) in [6.45, 7) is 12.8. The van der Waals surface area contributed by atoms with Crippen LogP contribution in [0.5, 0.6) is 5.75 Å². The molecule has 0 bridgehead atoms. The summed E-state index contributed by atoms with van der Waals surface area (Å²) >= 11 is 3.67. The van der Waals surface area contributed by atoms with Gasteiger partial charge in [0.15, 0.2) is 0 Å². The highest BCUT2D eigenvalue weighted by Crippen LogP contribution is 2.43. The predicted octanol–water partition coefficient (Wildman–Crippen LogP) is 4.67. The van der Waals surface area contributed by atoms with Crippen molar-refractivity contribution in [1.82, 2.24) is 5.32 Å². The Kier molecular flexibility index (Phi) is 5.73. The number of rotatable bonds is 4. The van der Waals surface area contributed by atoms with Crippen LogP contribution in [0.3, 0.4) is 0 Å². The molecule has 0 saturated carbocycles. The first-order valence-electron chi connectivity index (χ1n) is 7.97. The van der Waals surface area contributed by atoms with E-state index in [-0.39, 0.29) is 5.41 Å². The molecule has 0 aliphatic carbocycles. The van der Waals surface area contributed by atoms with Crippen molar-refractivity contribution in [2.75, 3.05) is 20.2 Å². The van der Waals surface area contributed by atoms with Gasteiger partial charge in [0, 0.05) is 12.0 Å². The molecule has 1 aliphatic heterocycles. The molecular formula is C19H27BrNO. The van der Waals surface area contributed by atoms with Gasteiger partial charge < -0.3 is 10.1 Å². The molecule has 0 spiro atoms. The van der Waals surface area contributed by atoms with Gasteiger partial charge in [-0.2, -0.15) is 0 Å². The van der Waals surface area contributed by atoms with Crippen LogP contribution in [0.1, 0.15) is 38.3 Å². The van der Waals surface area contributed by atoms with E-state index in [0.717, 1.165) is 36.2 Å². The Balaban J connectivity index is 2.63. The maximum absolute atomic E-state index is 5.49. The van der Waals surface area contributed by atoms with Gasteiger partial charge in [-0.15, -0.1) is 0 Å². The maximum Gasteiger partial charge on any atom is 0.133 e. The normalized spacial score (nSPS) is 22.4. The number of methoxy groups -OCH3 is 1. The minimum atomic E-state index is 0.0961. The predicted molar refractivity (Wildman–Crippen MR) is 97.5 cm³/mol. The lowest BCUT2D eigenvalue weighted by atomic mass is 9.66. The second-order valence-corrected chi connectivity index (χ2v) is 7.46. The second-order valence-electron chi connectivity index (χ2n) is 6.61. The summed E-state index contributed by atoms with van der Waals surface area (Å²) < 4.78 is 6.53. The zero-order chi connectivity index (χ0) is 16.3. The lowest BCUT2D eigenvalue weighted by molar-refractivity contribution is 0.293. The van der Waals surface area contributed by atoms with Gasteiger partial charge in [0.05, 0.1) is 11.6 Å². The van der Waals surface area contributed by atoms with Gasteiger partial charge in [-0.25, -0.2) is 0 Å². The van der Waals surface area contributed by atoms with Gasteiger partial charge >= 0.3 is 0 Å². The number of ether oxygens (including phenoxy) is 1. The molecule has 1 aromatic rings. The van der Waals surface area contributed by atoms with Gasteiger partial charge in [-0.3, -0.25) is 0 Å². The first kappa shape index (κ1) is 17.6. The molecule has 1 aromatic carbocycles. The van der Waals surface area contributed by atoms with Gasteiger partial charge in [0.1, 0.15) is 5.75 Å². The average molecular weight is 365 g/mol. The summed E-state index contributed by atoms with van der Waals surface area (Å²) in [7, 11) is 1.73. The van der Waals surface area contributed by atoms with Crippen LogP contribution in [0.15, 0.2) is 28.3 Å². The molecule has 0 fully saturated rings. The minimum Gasteiger partial charge on any atom is -0.496 e. The van der Waals surface area contributed by atoms with E-state index < -0.39 is 0 Å². The number of hydrogen-bond donors (Lipinski definition) is 1. The summed E-state index contributed by atoms with van der Waals surface area (Å²) in [6, 6.07) is 4.48. The fraction of sp³-hybridized carbons (Fsp3) is 0.526. The van der Waals surface area contributed by atoms with E-state index in [0.29, 0.717) is 5.92 Å². The van der Waals surface area contributed by atoms with Crippen LogP contribution in [0, 0.1) is 12.8 Å². The number of halogens is 1. The fourth-order valence-corrected chi connectivity index (χ4v) is 4.00. The van der Waals surface area contributed by atoms with Crippen LogP contribution in [-0.4, -0.2) is 20.2 Å². The van der Waals surface area contributed by atoms with E-state index in [4.69, 9.17) is 4.74 Å². The van der Waals surface area contributed by atoms with Gasteiger partial charge in [0.2, 0.25) is 0 Å². The van der Waals surface area contributed by atoms with E-state index >= 15 is 0 Å². The maximum atomic E-state index is 5.49. The van der Waals surface area contributed by atoms with Crippen LogP contribution in [0.2, 0.25) is 0 Å². The van der Waals surface area contributed by atoms with Gasteiger partial charge in [-0.1, -0.05) is 25.5 Å². The molecule has 0 saturated heterocycles. The van der Waals surface area contributed by atoms with E-state index in [9.17, 15) is 0 Å². The zero-order valence-corrected chi connectivity index (χ0v) is 15.7. The second kappa shape index (κ2) is 7.18. The van der Waals surface area contributed by atoms with Crippen molar-refractivity contribution >= 4 is 15.9 Å². The molecule has 0 amide bonds. The van der Waals surface area contributed by atoms with E-state index in [1.807, 2.05) is 6.08 Å². The smallest absolute Gasteiger partial charge is 0.133 e. The van der Waals surface area contributed by atoms with Gasteiger partial charge in [0.25, 0.3) is 0 Å². The van der Waals surface area contributed by atoms with Gasteiger partial charge in [-0.05, 0) is 78.3 Å². The Labute approximate surface area is 143 Å². The van der Waals surface area contributed by atoms with Crippen molar-refractivity contribution in [3.8, 4) is 5.75 Å². The summed E-state index contributed by atoms with van der Waals surface area (Å²) in [5, 5.41) is 3.65. The Hall–Kier alpha value is -0.800. The van der Waals surface area contributed by atoms with E-state index in [1.165, 1.54) is 16.7 Å². The van der Waals surface area contributed by atoms with Crippen molar-refractivity contribution in [3.63, 3.8) is 0 Å². The Morgan fingerprint density at radius 2 is 2.23 bits per heavy atom. The largest absolute Gasteiger partial charge is 0.496 e. The topological polar surface area (TPSA) is 21.3 Å². The number of hydrogen-bond acceptors (Lipinski definition) is 2. The van der Waals surface area contributed by atoms with Crippen molar-refractivity contribution in [2.24, 2.45) is 5.92 Å². The minimum absolute atomic E-state index is 0.0961. The van der Waals surface area contributed by atoms with Crippen LogP contribution in [0.25, 0.3) is 0 Å². The van der Waals surface area contributed by atoms with Crippen LogP contribution >= 0.6 is 15.9 Å². The Morgan fingerprint density at radius 1 is 1.50 bits per heavy atom. The number of allylic oxidation sites excluding steroid dienone is 2. The molecule has 0 aromatic heterocycles. The highest BCUT2D eigenvalue weighted by molar-refractivity contribution is 9.10. The molecule has 1 unspecified atom stereocenters. The first-order valence-corrected chi connectivity index (χ1v) is 8.76. The Bertz CT molecular complexity index is 565. The monoisotopic (exact) mass is 364 g/mol. The zero-order valence-electron chi connectivity index (χ0n) is 14.1. The van der Waals surface area contributed by atoms with Crippen molar-refractivity contribution in [2.45, 2.75) is 39.0 Å². The summed E-state index contributed by atoms with van der Waals surface area (Å²) in [5.74, 6) is 1.45. The Morgan fingerprint density at radius 3 is 2.82 bits per heavy atom. The molecule has 121 valence electrons. The van der Waals surface area contributed by atoms with Crippen molar-refractivity contribution in [1.29, 1.82) is 0 Å². The lowest BCUT2D eigenvalue weighted by Gasteiger charge is -2.39. The van der Waals surface area contributed by atoms with E-state index in [2.05, 4.69) is 61.1 Å².